The normalized spacial score (nSPS) is 12.6. The fraction of sp³-hybridized carbons (Fsp3) is 0.455. The summed E-state index contributed by atoms with van der Waals surface area (Å²) in [6.45, 7) is 4.54. The van der Waals surface area contributed by atoms with Crippen molar-refractivity contribution in [3.8, 4) is 5.75 Å². The van der Waals surface area contributed by atoms with Crippen LogP contribution in [0.15, 0.2) is 18.2 Å². The molecule has 78 valence electrons. The Morgan fingerprint density at radius 3 is 2.71 bits per heavy atom. The summed E-state index contributed by atoms with van der Waals surface area (Å²) in [5, 5.41) is 8.93. The van der Waals surface area contributed by atoms with Crippen LogP contribution in [0.1, 0.15) is 24.1 Å². The van der Waals surface area contributed by atoms with E-state index in [0.717, 1.165) is 16.9 Å². The van der Waals surface area contributed by atoms with Gasteiger partial charge in [0.05, 0.1) is 19.3 Å². The highest BCUT2D eigenvalue weighted by Crippen LogP contribution is 2.21. The van der Waals surface area contributed by atoms with Gasteiger partial charge in [-0.2, -0.15) is 0 Å². The van der Waals surface area contributed by atoms with Crippen LogP contribution >= 0.6 is 0 Å². The summed E-state index contributed by atoms with van der Waals surface area (Å²) >= 11 is 0. The molecule has 0 fully saturated rings. The van der Waals surface area contributed by atoms with Crippen LogP contribution in [0.3, 0.4) is 0 Å². The lowest BCUT2D eigenvalue weighted by Gasteiger charge is -2.13. The van der Waals surface area contributed by atoms with Crippen LogP contribution in [0.4, 0.5) is 0 Å². The van der Waals surface area contributed by atoms with Crippen LogP contribution < -0.4 is 10.5 Å². The maximum atomic E-state index is 8.93. The predicted octanol–water partition coefficient (Wildman–Crippen LogP) is 1.39. The van der Waals surface area contributed by atoms with Crippen molar-refractivity contribution >= 4 is 0 Å². The third-order valence-electron chi connectivity index (χ3n) is 2.15. The molecule has 14 heavy (non-hydrogen) atoms. The summed E-state index contributed by atoms with van der Waals surface area (Å²) in [5.74, 6) is 0.846. The van der Waals surface area contributed by atoms with Crippen molar-refractivity contribution in [2.45, 2.75) is 19.9 Å². The van der Waals surface area contributed by atoms with Gasteiger partial charge in [0.25, 0.3) is 0 Å². The largest absolute Gasteiger partial charge is 0.494 e. The Bertz CT molecular complexity index is 299. The van der Waals surface area contributed by atoms with Crippen LogP contribution in [0.2, 0.25) is 0 Å². The second-order valence-corrected chi connectivity index (χ2v) is 3.24. The molecule has 0 aliphatic heterocycles. The number of rotatable bonds is 4. The summed E-state index contributed by atoms with van der Waals surface area (Å²) in [7, 11) is 0. The standard InChI is InChI=1S/C11H17NO2/c1-3-14-9-4-5-10(8(2)6-9)11(12)7-13/h4-6,11,13H,3,7,12H2,1-2H3. The summed E-state index contributed by atoms with van der Waals surface area (Å²) in [5.41, 5.74) is 7.75. The number of hydrogen-bond donors (Lipinski definition) is 2. The summed E-state index contributed by atoms with van der Waals surface area (Å²) in [6, 6.07) is 5.42. The third kappa shape index (κ3) is 2.47. The average Bonchev–Trinajstić information content (AvgIpc) is 2.17. The van der Waals surface area contributed by atoms with Crippen LogP contribution in [0, 0.1) is 6.92 Å². The first kappa shape index (κ1) is 11.0. The monoisotopic (exact) mass is 195 g/mol. The minimum Gasteiger partial charge on any atom is -0.494 e. The fourth-order valence-electron chi connectivity index (χ4n) is 1.42. The molecule has 3 heteroatoms. The molecular weight excluding hydrogens is 178 g/mol. The maximum absolute atomic E-state index is 8.93. The Balaban J connectivity index is 2.89. The molecule has 1 rings (SSSR count). The number of aryl methyl sites for hydroxylation is 1. The lowest BCUT2D eigenvalue weighted by molar-refractivity contribution is 0.267. The SMILES string of the molecule is CCOc1ccc(C(N)CO)c(C)c1. The van der Waals surface area contributed by atoms with E-state index in [4.69, 9.17) is 15.6 Å². The van der Waals surface area contributed by atoms with Gasteiger partial charge in [-0.3, -0.25) is 0 Å². The molecule has 1 aromatic rings. The molecule has 1 atom stereocenters. The number of aliphatic hydroxyl groups is 1. The van der Waals surface area contributed by atoms with Crippen LogP contribution in [-0.2, 0) is 0 Å². The van der Waals surface area contributed by atoms with Crippen molar-refractivity contribution < 1.29 is 9.84 Å². The van der Waals surface area contributed by atoms with E-state index >= 15 is 0 Å². The molecule has 3 nitrogen and oxygen atoms in total. The van der Waals surface area contributed by atoms with Crippen LogP contribution in [0.25, 0.3) is 0 Å². The number of ether oxygens (including phenoxy) is 1. The van der Waals surface area contributed by atoms with Gasteiger partial charge in [-0.25, -0.2) is 0 Å². The minimum atomic E-state index is -0.300. The topological polar surface area (TPSA) is 55.5 Å². The van der Waals surface area contributed by atoms with Gasteiger partial charge in [0.15, 0.2) is 0 Å². The molecule has 3 N–H and O–H groups in total. The molecule has 0 aromatic heterocycles. The van der Waals surface area contributed by atoms with Crippen molar-refractivity contribution in [2.75, 3.05) is 13.2 Å². The zero-order valence-corrected chi connectivity index (χ0v) is 8.66. The molecule has 0 bridgehead atoms. The molecule has 0 saturated heterocycles. The van der Waals surface area contributed by atoms with E-state index in [0.29, 0.717) is 6.61 Å². The highest BCUT2D eigenvalue weighted by atomic mass is 16.5. The van der Waals surface area contributed by atoms with Crippen molar-refractivity contribution in [2.24, 2.45) is 5.73 Å². The Labute approximate surface area is 84.5 Å². The second-order valence-electron chi connectivity index (χ2n) is 3.24. The van der Waals surface area contributed by atoms with E-state index < -0.39 is 0 Å². The number of nitrogens with two attached hydrogens (primary N) is 1. The van der Waals surface area contributed by atoms with E-state index in [-0.39, 0.29) is 12.6 Å². The minimum absolute atomic E-state index is 0.0329. The van der Waals surface area contributed by atoms with E-state index in [2.05, 4.69) is 0 Å². The van der Waals surface area contributed by atoms with Gasteiger partial charge in [0.1, 0.15) is 5.75 Å². The highest BCUT2D eigenvalue weighted by molar-refractivity contribution is 5.36. The molecule has 0 amide bonds. The number of hydrogen-bond acceptors (Lipinski definition) is 3. The maximum Gasteiger partial charge on any atom is 0.119 e. The smallest absolute Gasteiger partial charge is 0.119 e. The molecule has 1 unspecified atom stereocenters. The molecule has 0 radical (unpaired) electrons. The van der Waals surface area contributed by atoms with Gasteiger partial charge >= 0.3 is 0 Å². The molecule has 0 spiro atoms. The molecule has 0 aliphatic carbocycles. The van der Waals surface area contributed by atoms with Gasteiger partial charge in [0.2, 0.25) is 0 Å². The van der Waals surface area contributed by atoms with Gasteiger partial charge in [-0.15, -0.1) is 0 Å². The van der Waals surface area contributed by atoms with Gasteiger partial charge < -0.3 is 15.6 Å². The van der Waals surface area contributed by atoms with Crippen LogP contribution in [-0.4, -0.2) is 18.3 Å². The predicted molar refractivity (Wildman–Crippen MR) is 56.4 cm³/mol. The van der Waals surface area contributed by atoms with Crippen molar-refractivity contribution in [1.82, 2.24) is 0 Å². The van der Waals surface area contributed by atoms with E-state index in [9.17, 15) is 0 Å². The lowest BCUT2D eigenvalue weighted by atomic mass is 10.0. The molecule has 0 heterocycles. The van der Waals surface area contributed by atoms with Crippen molar-refractivity contribution in [3.63, 3.8) is 0 Å². The van der Waals surface area contributed by atoms with Gasteiger partial charge in [-0.05, 0) is 37.1 Å². The zero-order valence-electron chi connectivity index (χ0n) is 8.66. The fourth-order valence-corrected chi connectivity index (χ4v) is 1.42. The quantitative estimate of drug-likeness (QED) is 0.763. The molecule has 1 aromatic carbocycles. The number of aliphatic hydroxyl groups excluding tert-OH is 1. The third-order valence-corrected chi connectivity index (χ3v) is 2.15. The van der Waals surface area contributed by atoms with E-state index in [1.807, 2.05) is 32.0 Å². The Kier molecular flexibility index (Phi) is 3.92. The Morgan fingerprint density at radius 2 is 2.21 bits per heavy atom. The van der Waals surface area contributed by atoms with Crippen molar-refractivity contribution in [1.29, 1.82) is 0 Å². The first-order valence-electron chi connectivity index (χ1n) is 4.78. The molecule has 0 aliphatic rings. The zero-order chi connectivity index (χ0) is 10.6. The summed E-state index contributed by atoms with van der Waals surface area (Å²) < 4.78 is 5.35. The average molecular weight is 195 g/mol. The first-order chi connectivity index (χ1) is 6.69. The van der Waals surface area contributed by atoms with Crippen LogP contribution in [0.5, 0.6) is 5.75 Å². The van der Waals surface area contributed by atoms with Gasteiger partial charge in [0, 0.05) is 0 Å². The molecule has 0 saturated carbocycles. The summed E-state index contributed by atoms with van der Waals surface area (Å²) in [4.78, 5) is 0. The lowest BCUT2D eigenvalue weighted by Crippen LogP contribution is -2.15. The number of benzene rings is 1. The Morgan fingerprint density at radius 1 is 1.50 bits per heavy atom. The van der Waals surface area contributed by atoms with Crippen molar-refractivity contribution in [3.05, 3.63) is 29.3 Å². The Hall–Kier alpha value is -1.06. The van der Waals surface area contributed by atoms with E-state index in [1.165, 1.54) is 0 Å². The second kappa shape index (κ2) is 4.98. The first-order valence-corrected chi connectivity index (χ1v) is 4.78. The van der Waals surface area contributed by atoms with Gasteiger partial charge in [-0.1, -0.05) is 6.07 Å². The summed E-state index contributed by atoms with van der Waals surface area (Å²) in [6.07, 6.45) is 0. The highest BCUT2D eigenvalue weighted by Gasteiger charge is 2.07. The molecular formula is C11H17NO2. The van der Waals surface area contributed by atoms with E-state index in [1.54, 1.807) is 0 Å².